The van der Waals surface area contributed by atoms with Crippen LogP contribution in [0.4, 0.5) is 4.79 Å². The molecule has 0 aliphatic carbocycles. The number of carbonyl (C=O) groups excluding carboxylic acids is 1. The van der Waals surface area contributed by atoms with Crippen LogP contribution in [0, 0.1) is 0 Å². The number of rotatable bonds is 10. The van der Waals surface area contributed by atoms with Gasteiger partial charge in [-0.15, -0.1) is 0 Å². The third kappa shape index (κ3) is 7.87. The van der Waals surface area contributed by atoms with Crippen LogP contribution in [-0.4, -0.2) is 62.7 Å². The summed E-state index contributed by atoms with van der Waals surface area (Å²) in [5.41, 5.74) is 1.19. The minimum absolute atomic E-state index is 0.0159. The van der Waals surface area contributed by atoms with Crippen LogP contribution in [-0.2, 0) is 16.4 Å². The predicted octanol–water partition coefficient (Wildman–Crippen LogP) is 3.01. The van der Waals surface area contributed by atoms with Gasteiger partial charge in [-0.05, 0) is 38.6 Å². The molecule has 0 aromatic heterocycles. The van der Waals surface area contributed by atoms with Crippen LogP contribution in [0.2, 0.25) is 0 Å². The summed E-state index contributed by atoms with van der Waals surface area (Å²) in [7, 11) is -1.45. The molecule has 0 saturated carbocycles. The van der Waals surface area contributed by atoms with Crippen LogP contribution >= 0.6 is 0 Å². The Kier molecular flexibility index (Phi) is 8.67. The average molecular weight is 418 g/mol. The van der Waals surface area contributed by atoms with Crippen LogP contribution in [0.1, 0.15) is 19.4 Å². The van der Waals surface area contributed by atoms with Crippen LogP contribution < -0.4 is 5.32 Å². The molecule has 0 spiro atoms. The highest BCUT2D eigenvalue weighted by Gasteiger charge is 2.20. The minimum Gasteiger partial charge on any atom is -0.336 e. The second-order valence-electron chi connectivity index (χ2n) is 7.45. The molecule has 158 valence electrons. The van der Waals surface area contributed by atoms with Gasteiger partial charge in [-0.25, -0.2) is 13.2 Å². The molecule has 0 radical (unpaired) electrons. The van der Waals surface area contributed by atoms with Crippen LogP contribution in [0.15, 0.2) is 65.6 Å². The molecule has 2 amide bonds. The number of nitrogens with zero attached hydrogens (tertiary/aromatic N) is 2. The molecule has 0 atom stereocenters. The third-order valence-corrected chi connectivity index (χ3v) is 6.19. The highest BCUT2D eigenvalue weighted by Crippen LogP contribution is 2.11. The Morgan fingerprint density at radius 1 is 0.931 bits per heavy atom. The summed E-state index contributed by atoms with van der Waals surface area (Å²) in [5, 5.41) is 2.87. The number of urea groups is 1. The van der Waals surface area contributed by atoms with Crippen molar-refractivity contribution in [1.29, 1.82) is 0 Å². The van der Waals surface area contributed by atoms with E-state index in [1.54, 1.807) is 35.2 Å². The SMILES string of the molecule is CC(C)NC(=O)N(CCN(C)Cc1ccccc1)CCS(=O)(=O)c1ccccc1. The maximum atomic E-state index is 12.6. The van der Waals surface area contributed by atoms with Crippen molar-refractivity contribution >= 4 is 15.9 Å². The summed E-state index contributed by atoms with van der Waals surface area (Å²) in [6.45, 7) is 5.78. The van der Waals surface area contributed by atoms with Crippen molar-refractivity contribution in [1.82, 2.24) is 15.1 Å². The Morgan fingerprint density at radius 3 is 2.10 bits per heavy atom. The summed E-state index contributed by atoms with van der Waals surface area (Å²) in [6, 6.07) is 18.2. The van der Waals surface area contributed by atoms with Crippen molar-refractivity contribution in [3.8, 4) is 0 Å². The molecule has 0 fully saturated rings. The van der Waals surface area contributed by atoms with E-state index in [2.05, 4.69) is 22.3 Å². The van der Waals surface area contributed by atoms with E-state index in [1.807, 2.05) is 39.1 Å². The number of benzene rings is 2. The standard InChI is InChI=1S/C22H31N3O3S/c1-19(2)23-22(26)25(15-14-24(3)18-20-10-6-4-7-11-20)16-17-29(27,28)21-12-8-5-9-13-21/h4-13,19H,14-18H2,1-3H3,(H,23,26). The average Bonchev–Trinajstić information content (AvgIpc) is 2.68. The second kappa shape index (κ2) is 11.0. The molecule has 0 aliphatic heterocycles. The maximum absolute atomic E-state index is 12.6. The first-order valence-corrected chi connectivity index (χ1v) is 11.5. The molecule has 0 unspecified atom stereocenters. The zero-order valence-electron chi connectivity index (χ0n) is 17.4. The number of sulfone groups is 1. The van der Waals surface area contributed by atoms with Crippen LogP contribution in [0.25, 0.3) is 0 Å². The highest BCUT2D eigenvalue weighted by atomic mass is 32.2. The topological polar surface area (TPSA) is 69.7 Å². The molecule has 2 aromatic rings. The van der Waals surface area contributed by atoms with Gasteiger partial charge in [-0.2, -0.15) is 0 Å². The normalized spacial score (nSPS) is 11.6. The van der Waals surface area contributed by atoms with E-state index in [0.29, 0.717) is 13.1 Å². The van der Waals surface area contributed by atoms with Crippen molar-refractivity contribution in [2.45, 2.75) is 31.3 Å². The monoisotopic (exact) mass is 417 g/mol. The van der Waals surface area contributed by atoms with E-state index in [-0.39, 0.29) is 29.3 Å². The van der Waals surface area contributed by atoms with Crippen LogP contribution in [0.3, 0.4) is 0 Å². The molecule has 29 heavy (non-hydrogen) atoms. The maximum Gasteiger partial charge on any atom is 0.317 e. The third-order valence-electron chi connectivity index (χ3n) is 4.48. The Morgan fingerprint density at radius 2 is 1.52 bits per heavy atom. The van der Waals surface area contributed by atoms with E-state index in [0.717, 1.165) is 6.54 Å². The van der Waals surface area contributed by atoms with Crippen LogP contribution in [0.5, 0.6) is 0 Å². The lowest BCUT2D eigenvalue weighted by Gasteiger charge is -2.27. The fourth-order valence-electron chi connectivity index (χ4n) is 2.89. The summed E-state index contributed by atoms with van der Waals surface area (Å²) in [4.78, 5) is 16.6. The number of hydrogen-bond donors (Lipinski definition) is 1. The molecule has 7 heteroatoms. The number of likely N-dealkylation sites (N-methyl/N-ethyl adjacent to an activating group) is 1. The lowest BCUT2D eigenvalue weighted by molar-refractivity contribution is 0.188. The first kappa shape index (κ1) is 22.9. The van der Waals surface area contributed by atoms with E-state index >= 15 is 0 Å². The second-order valence-corrected chi connectivity index (χ2v) is 9.56. The number of nitrogens with one attached hydrogen (secondary N) is 1. The van der Waals surface area contributed by atoms with Gasteiger partial charge in [0.2, 0.25) is 0 Å². The Hall–Kier alpha value is -2.38. The molecular formula is C22H31N3O3S. The minimum atomic E-state index is -3.44. The smallest absolute Gasteiger partial charge is 0.317 e. The Balaban J connectivity index is 1.98. The largest absolute Gasteiger partial charge is 0.336 e. The summed E-state index contributed by atoms with van der Waals surface area (Å²) >= 11 is 0. The molecule has 1 N–H and O–H groups in total. The Labute approximate surface area is 174 Å². The number of amides is 2. The molecule has 0 aliphatic rings. The van der Waals surface area contributed by atoms with E-state index in [1.165, 1.54) is 5.56 Å². The van der Waals surface area contributed by atoms with Gasteiger partial charge in [0.05, 0.1) is 10.6 Å². The van der Waals surface area contributed by atoms with Gasteiger partial charge < -0.3 is 15.1 Å². The van der Waals surface area contributed by atoms with Gasteiger partial charge in [0, 0.05) is 32.2 Å². The molecule has 0 heterocycles. The van der Waals surface area contributed by atoms with Gasteiger partial charge >= 0.3 is 6.03 Å². The molecule has 6 nitrogen and oxygen atoms in total. The Bertz CT molecular complexity index is 855. The fraction of sp³-hybridized carbons (Fsp3) is 0.409. The van der Waals surface area contributed by atoms with Crippen molar-refractivity contribution in [3.63, 3.8) is 0 Å². The zero-order chi connectivity index (χ0) is 21.3. The summed E-state index contributed by atoms with van der Waals surface area (Å²) in [5.74, 6) is -0.106. The zero-order valence-corrected chi connectivity index (χ0v) is 18.2. The van der Waals surface area contributed by atoms with Gasteiger partial charge in [-0.1, -0.05) is 48.5 Å². The summed E-state index contributed by atoms with van der Waals surface area (Å²) in [6.07, 6.45) is 0. The molecule has 0 saturated heterocycles. The first-order chi connectivity index (χ1) is 13.8. The van der Waals surface area contributed by atoms with E-state index in [9.17, 15) is 13.2 Å². The van der Waals surface area contributed by atoms with Gasteiger partial charge in [0.1, 0.15) is 0 Å². The lowest BCUT2D eigenvalue weighted by Crippen LogP contribution is -2.47. The highest BCUT2D eigenvalue weighted by molar-refractivity contribution is 7.91. The summed E-state index contributed by atoms with van der Waals surface area (Å²) < 4.78 is 25.2. The molecule has 0 bridgehead atoms. The molecular weight excluding hydrogens is 386 g/mol. The van der Waals surface area contributed by atoms with E-state index < -0.39 is 9.84 Å². The van der Waals surface area contributed by atoms with Gasteiger partial charge in [0.25, 0.3) is 0 Å². The van der Waals surface area contributed by atoms with E-state index in [4.69, 9.17) is 0 Å². The van der Waals surface area contributed by atoms with Gasteiger partial charge in [0.15, 0.2) is 9.84 Å². The first-order valence-electron chi connectivity index (χ1n) is 9.83. The fourth-order valence-corrected chi connectivity index (χ4v) is 4.16. The number of carbonyl (C=O) groups is 1. The van der Waals surface area contributed by atoms with Crippen molar-refractivity contribution in [2.24, 2.45) is 0 Å². The predicted molar refractivity (Wildman–Crippen MR) is 117 cm³/mol. The van der Waals surface area contributed by atoms with Crippen molar-refractivity contribution in [3.05, 3.63) is 66.2 Å². The molecule has 2 rings (SSSR count). The van der Waals surface area contributed by atoms with Gasteiger partial charge in [-0.3, -0.25) is 0 Å². The lowest BCUT2D eigenvalue weighted by atomic mass is 10.2. The van der Waals surface area contributed by atoms with Crippen molar-refractivity contribution in [2.75, 3.05) is 32.4 Å². The molecule has 2 aromatic carbocycles. The number of hydrogen-bond acceptors (Lipinski definition) is 4. The quantitative estimate of drug-likeness (QED) is 0.645. The van der Waals surface area contributed by atoms with Crippen molar-refractivity contribution < 1.29 is 13.2 Å².